The fourth-order valence-electron chi connectivity index (χ4n) is 2.62. The molecule has 2 atom stereocenters. The number of methoxy groups -OCH3 is 1. The van der Waals surface area contributed by atoms with E-state index in [0.717, 1.165) is 25.7 Å². The van der Waals surface area contributed by atoms with Gasteiger partial charge in [-0.2, -0.15) is 0 Å². The van der Waals surface area contributed by atoms with Crippen molar-refractivity contribution < 1.29 is 9.53 Å². The molecule has 13 heavy (non-hydrogen) atoms. The van der Waals surface area contributed by atoms with Crippen molar-refractivity contribution in [1.29, 1.82) is 0 Å². The zero-order valence-electron chi connectivity index (χ0n) is 7.90. The Balaban J connectivity index is 2.10. The second-order valence-corrected chi connectivity index (χ2v) is 3.99. The predicted octanol–water partition coefficient (Wildman–Crippen LogP) is 0.707. The molecular weight excluding hydrogens is 168 g/mol. The average Bonchev–Trinajstić information content (AvgIpc) is 2.37. The zero-order chi connectivity index (χ0) is 9.42. The molecule has 2 fully saturated rings. The third kappa shape index (κ3) is 1.39. The fraction of sp³-hybridized carbons (Fsp3) is 0.889. The summed E-state index contributed by atoms with van der Waals surface area (Å²) >= 11 is 0. The maximum atomic E-state index is 11.4. The number of hydrogen-bond donors (Lipinski definition) is 1. The van der Waals surface area contributed by atoms with Crippen LogP contribution in [0.4, 0.5) is 4.79 Å². The summed E-state index contributed by atoms with van der Waals surface area (Å²) in [5.74, 6) is 0. The first kappa shape index (κ1) is 8.81. The summed E-state index contributed by atoms with van der Waals surface area (Å²) in [5.41, 5.74) is 5.88. The Morgan fingerprint density at radius 2 is 1.92 bits per heavy atom. The molecule has 2 bridgehead atoms. The number of rotatable bonds is 0. The number of hydrogen-bond acceptors (Lipinski definition) is 3. The van der Waals surface area contributed by atoms with Gasteiger partial charge in [-0.05, 0) is 25.7 Å². The Hall–Kier alpha value is -0.770. The van der Waals surface area contributed by atoms with Crippen molar-refractivity contribution >= 4 is 6.09 Å². The Bertz CT molecular complexity index is 206. The summed E-state index contributed by atoms with van der Waals surface area (Å²) in [5, 5.41) is 0. The second kappa shape index (κ2) is 3.18. The van der Waals surface area contributed by atoms with Crippen LogP contribution in [0.25, 0.3) is 0 Å². The lowest BCUT2D eigenvalue weighted by molar-refractivity contribution is 0.0815. The molecule has 0 aromatic heterocycles. The topological polar surface area (TPSA) is 55.6 Å². The van der Waals surface area contributed by atoms with Gasteiger partial charge >= 0.3 is 6.09 Å². The number of nitrogens with zero attached hydrogens (tertiary/aromatic N) is 1. The molecule has 0 saturated carbocycles. The lowest BCUT2D eigenvalue weighted by Crippen LogP contribution is -2.50. The Labute approximate surface area is 78.0 Å². The number of fused-ring (bicyclic) bond motifs is 2. The summed E-state index contributed by atoms with van der Waals surface area (Å²) in [4.78, 5) is 13.3. The summed E-state index contributed by atoms with van der Waals surface area (Å²) in [7, 11) is 1.44. The number of amides is 1. The minimum atomic E-state index is -0.181. The highest BCUT2D eigenvalue weighted by Crippen LogP contribution is 2.35. The van der Waals surface area contributed by atoms with Crippen LogP contribution in [0.15, 0.2) is 0 Å². The number of carbonyl (C=O) groups excluding carboxylic acids is 1. The normalized spacial score (nSPS) is 37.7. The first-order chi connectivity index (χ1) is 6.22. The van der Waals surface area contributed by atoms with Crippen molar-refractivity contribution in [2.75, 3.05) is 7.11 Å². The minimum absolute atomic E-state index is 0.181. The Morgan fingerprint density at radius 1 is 1.38 bits per heavy atom. The van der Waals surface area contributed by atoms with E-state index in [-0.39, 0.29) is 12.1 Å². The molecule has 2 aliphatic heterocycles. The van der Waals surface area contributed by atoms with E-state index in [4.69, 9.17) is 10.5 Å². The van der Waals surface area contributed by atoms with Gasteiger partial charge in [-0.25, -0.2) is 4.79 Å². The summed E-state index contributed by atoms with van der Waals surface area (Å²) in [6.07, 6.45) is 3.87. The van der Waals surface area contributed by atoms with E-state index in [9.17, 15) is 4.79 Å². The van der Waals surface area contributed by atoms with Crippen LogP contribution in [0.1, 0.15) is 25.7 Å². The predicted molar refractivity (Wildman–Crippen MR) is 48.3 cm³/mol. The van der Waals surface area contributed by atoms with Gasteiger partial charge in [0.1, 0.15) is 0 Å². The fourth-order valence-corrected chi connectivity index (χ4v) is 2.62. The molecule has 2 heterocycles. The maximum Gasteiger partial charge on any atom is 0.409 e. The third-order valence-electron chi connectivity index (χ3n) is 3.15. The van der Waals surface area contributed by atoms with Crippen molar-refractivity contribution in [2.24, 2.45) is 5.73 Å². The van der Waals surface area contributed by atoms with Crippen molar-refractivity contribution in [1.82, 2.24) is 4.90 Å². The van der Waals surface area contributed by atoms with Gasteiger partial charge in [0.25, 0.3) is 0 Å². The zero-order valence-corrected chi connectivity index (χ0v) is 7.90. The van der Waals surface area contributed by atoms with E-state index < -0.39 is 0 Å². The SMILES string of the molecule is COC(=O)N1C2CCC1CC(N)C2. The lowest BCUT2D eigenvalue weighted by atomic mass is 9.99. The highest BCUT2D eigenvalue weighted by atomic mass is 16.5. The molecular formula is C9H16N2O2. The van der Waals surface area contributed by atoms with Crippen LogP contribution in [0.5, 0.6) is 0 Å². The monoisotopic (exact) mass is 184 g/mol. The number of carbonyl (C=O) groups is 1. The van der Waals surface area contributed by atoms with Crippen LogP contribution < -0.4 is 5.73 Å². The van der Waals surface area contributed by atoms with Gasteiger partial charge in [0.15, 0.2) is 0 Å². The van der Waals surface area contributed by atoms with E-state index in [1.165, 1.54) is 7.11 Å². The van der Waals surface area contributed by atoms with Crippen LogP contribution in [-0.4, -0.2) is 36.2 Å². The Morgan fingerprint density at radius 3 is 2.38 bits per heavy atom. The molecule has 74 valence electrons. The van der Waals surface area contributed by atoms with Crippen molar-refractivity contribution in [3.63, 3.8) is 0 Å². The van der Waals surface area contributed by atoms with E-state index in [1.54, 1.807) is 0 Å². The van der Waals surface area contributed by atoms with E-state index in [0.29, 0.717) is 12.1 Å². The molecule has 0 radical (unpaired) electrons. The molecule has 0 aromatic rings. The molecule has 4 heteroatoms. The molecule has 0 aliphatic carbocycles. The minimum Gasteiger partial charge on any atom is -0.453 e. The first-order valence-electron chi connectivity index (χ1n) is 4.84. The lowest BCUT2D eigenvalue weighted by Gasteiger charge is -2.36. The standard InChI is InChI=1S/C9H16N2O2/c1-13-9(12)11-7-2-3-8(11)5-6(10)4-7/h6-8H,2-5,10H2,1H3. The van der Waals surface area contributed by atoms with Gasteiger partial charge in [-0.3, -0.25) is 0 Å². The van der Waals surface area contributed by atoms with Gasteiger partial charge < -0.3 is 15.4 Å². The molecule has 0 spiro atoms. The van der Waals surface area contributed by atoms with E-state index in [2.05, 4.69) is 0 Å². The highest BCUT2D eigenvalue weighted by molar-refractivity contribution is 5.69. The van der Waals surface area contributed by atoms with Gasteiger partial charge in [0.2, 0.25) is 0 Å². The van der Waals surface area contributed by atoms with E-state index in [1.807, 2.05) is 4.90 Å². The maximum absolute atomic E-state index is 11.4. The molecule has 2 unspecified atom stereocenters. The van der Waals surface area contributed by atoms with Gasteiger partial charge in [-0.15, -0.1) is 0 Å². The van der Waals surface area contributed by atoms with Crippen LogP contribution in [0.3, 0.4) is 0 Å². The highest BCUT2D eigenvalue weighted by Gasteiger charge is 2.42. The quantitative estimate of drug-likeness (QED) is 0.603. The average molecular weight is 184 g/mol. The Kier molecular flexibility index (Phi) is 2.15. The third-order valence-corrected chi connectivity index (χ3v) is 3.15. The van der Waals surface area contributed by atoms with Crippen LogP contribution in [0, 0.1) is 0 Å². The van der Waals surface area contributed by atoms with E-state index >= 15 is 0 Å². The molecule has 4 nitrogen and oxygen atoms in total. The van der Waals surface area contributed by atoms with Gasteiger partial charge in [-0.1, -0.05) is 0 Å². The summed E-state index contributed by atoms with van der Waals surface area (Å²) in [6.45, 7) is 0. The molecule has 2 N–H and O–H groups in total. The molecule has 2 saturated heterocycles. The van der Waals surface area contributed by atoms with Crippen LogP contribution >= 0.6 is 0 Å². The molecule has 2 aliphatic rings. The smallest absolute Gasteiger partial charge is 0.409 e. The molecule has 2 rings (SSSR count). The van der Waals surface area contributed by atoms with Crippen molar-refractivity contribution in [3.05, 3.63) is 0 Å². The molecule has 1 amide bonds. The molecule has 0 aromatic carbocycles. The van der Waals surface area contributed by atoms with Crippen molar-refractivity contribution in [2.45, 2.75) is 43.8 Å². The first-order valence-corrected chi connectivity index (χ1v) is 4.84. The van der Waals surface area contributed by atoms with Crippen LogP contribution in [0.2, 0.25) is 0 Å². The largest absolute Gasteiger partial charge is 0.453 e. The van der Waals surface area contributed by atoms with Crippen LogP contribution in [-0.2, 0) is 4.74 Å². The summed E-state index contributed by atoms with van der Waals surface area (Å²) in [6, 6.07) is 0.945. The van der Waals surface area contributed by atoms with Gasteiger partial charge in [0.05, 0.1) is 7.11 Å². The second-order valence-electron chi connectivity index (χ2n) is 3.99. The summed E-state index contributed by atoms with van der Waals surface area (Å²) < 4.78 is 4.75. The van der Waals surface area contributed by atoms with Gasteiger partial charge in [0, 0.05) is 18.1 Å². The van der Waals surface area contributed by atoms with Crippen molar-refractivity contribution in [3.8, 4) is 0 Å². The number of piperidine rings is 1. The number of nitrogens with two attached hydrogens (primary N) is 1. The number of ether oxygens (including phenoxy) is 1.